The van der Waals surface area contributed by atoms with E-state index in [2.05, 4.69) is 46.6 Å². The Balaban J connectivity index is 1.77. The minimum Gasteiger partial charge on any atom is -0.357 e. The molecule has 0 aliphatic carbocycles. The zero-order valence-electron chi connectivity index (χ0n) is 18.1. The molecular formula is C24H27FN6. The van der Waals surface area contributed by atoms with Gasteiger partial charge in [0, 0.05) is 31.5 Å². The van der Waals surface area contributed by atoms with E-state index in [1.165, 1.54) is 12.1 Å². The molecule has 31 heavy (non-hydrogen) atoms. The predicted molar refractivity (Wildman–Crippen MR) is 122 cm³/mol. The molecule has 0 saturated heterocycles. The molecule has 0 atom stereocenters. The van der Waals surface area contributed by atoms with Gasteiger partial charge >= 0.3 is 0 Å². The number of halogens is 1. The van der Waals surface area contributed by atoms with E-state index in [1.54, 1.807) is 25.4 Å². The highest BCUT2D eigenvalue weighted by Gasteiger charge is 2.18. The molecule has 0 bridgehead atoms. The smallest absolute Gasteiger partial charge is 0.222 e. The van der Waals surface area contributed by atoms with Gasteiger partial charge in [0.1, 0.15) is 11.5 Å². The fourth-order valence-corrected chi connectivity index (χ4v) is 3.49. The number of nitrogens with one attached hydrogen (secondary N) is 2. The van der Waals surface area contributed by atoms with Gasteiger partial charge in [-0.1, -0.05) is 13.8 Å². The zero-order chi connectivity index (χ0) is 21.8. The summed E-state index contributed by atoms with van der Waals surface area (Å²) in [7, 11) is 1.78. The second-order valence-corrected chi connectivity index (χ2v) is 7.95. The van der Waals surface area contributed by atoms with Crippen molar-refractivity contribution < 1.29 is 4.39 Å². The van der Waals surface area contributed by atoms with Gasteiger partial charge in [0.2, 0.25) is 5.95 Å². The molecule has 0 radical (unpaired) electrons. The summed E-state index contributed by atoms with van der Waals surface area (Å²) in [5, 5.41) is 6.48. The molecule has 1 aromatic carbocycles. The van der Waals surface area contributed by atoms with Gasteiger partial charge in [0.25, 0.3) is 0 Å². The molecule has 2 N–H and O–H groups in total. The first-order chi connectivity index (χ1) is 15.0. The lowest BCUT2D eigenvalue weighted by Crippen LogP contribution is -2.16. The lowest BCUT2D eigenvalue weighted by atomic mass is 10.1. The average molecular weight is 419 g/mol. The Kier molecular flexibility index (Phi) is 6.23. The summed E-state index contributed by atoms with van der Waals surface area (Å²) < 4.78 is 15.5. The van der Waals surface area contributed by atoms with Gasteiger partial charge in [-0.3, -0.25) is 4.40 Å². The number of benzene rings is 1. The summed E-state index contributed by atoms with van der Waals surface area (Å²) in [5.74, 6) is 0.935. The average Bonchev–Trinajstić information content (AvgIpc) is 3.16. The van der Waals surface area contributed by atoms with Gasteiger partial charge in [0.15, 0.2) is 0 Å². The first-order valence-electron chi connectivity index (χ1n) is 10.5. The van der Waals surface area contributed by atoms with Gasteiger partial charge < -0.3 is 10.6 Å². The summed E-state index contributed by atoms with van der Waals surface area (Å²) in [6, 6.07) is 12.4. The van der Waals surface area contributed by atoms with Crippen molar-refractivity contribution in [1.82, 2.24) is 24.7 Å². The highest BCUT2D eigenvalue weighted by molar-refractivity contribution is 5.80. The van der Waals surface area contributed by atoms with Crippen LogP contribution in [0.2, 0.25) is 0 Å². The third kappa shape index (κ3) is 4.72. The summed E-state index contributed by atoms with van der Waals surface area (Å²) in [5.41, 5.74) is 5.17. The van der Waals surface area contributed by atoms with E-state index in [0.717, 1.165) is 53.4 Å². The Bertz CT molecular complexity index is 1170. The van der Waals surface area contributed by atoms with Crippen molar-refractivity contribution in [2.24, 2.45) is 5.92 Å². The van der Waals surface area contributed by atoms with Gasteiger partial charge in [-0.15, -0.1) is 0 Å². The van der Waals surface area contributed by atoms with Crippen LogP contribution in [0.1, 0.15) is 25.8 Å². The van der Waals surface area contributed by atoms with E-state index in [9.17, 15) is 4.39 Å². The molecule has 3 heterocycles. The van der Waals surface area contributed by atoms with Crippen molar-refractivity contribution in [2.45, 2.75) is 26.8 Å². The number of pyridine rings is 1. The monoisotopic (exact) mass is 418 g/mol. The molecule has 4 aromatic rings. The molecule has 6 nitrogen and oxygen atoms in total. The highest BCUT2D eigenvalue weighted by atomic mass is 19.1. The fraction of sp³-hybridized carbons (Fsp3) is 0.292. The summed E-state index contributed by atoms with van der Waals surface area (Å²) in [6.07, 6.45) is 4.88. The number of aromatic nitrogens is 4. The Hall–Kier alpha value is -3.32. The maximum Gasteiger partial charge on any atom is 0.222 e. The Morgan fingerprint density at radius 2 is 1.87 bits per heavy atom. The minimum absolute atomic E-state index is 0.275. The third-order valence-corrected chi connectivity index (χ3v) is 5.16. The van der Waals surface area contributed by atoms with Crippen molar-refractivity contribution in [3.8, 4) is 22.6 Å². The van der Waals surface area contributed by atoms with Crippen LogP contribution < -0.4 is 10.6 Å². The number of hydrogen-bond donors (Lipinski definition) is 2. The summed E-state index contributed by atoms with van der Waals surface area (Å²) >= 11 is 0. The first-order valence-corrected chi connectivity index (χ1v) is 10.5. The standard InChI is InChI=1S/C24H27FN6/c1-16(2)8-11-27-15-17-10-13-31-21(14-17)30-22(18-4-6-19(25)7-5-18)23(31)20-9-12-28-24(26-3)29-20/h4-7,9-10,12-14,16,27H,8,11,15H2,1-3H3,(H,26,28,29). The van der Waals surface area contributed by atoms with Crippen molar-refractivity contribution in [3.63, 3.8) is 0 Å². The van der Waals surface area contributed by atoms with Crippen LogP contribution in [0.3, 0.4) is 0 Å². The number of imidazole rings is 1. The molecule has 0 spiro atoms. The fourth-order valence-electron chi connectivity index (χ4n) is 3.49. The van der Waals surface area contributed by atoms with E-state index >= 15 is 0 Å². The van der Waals surface area contributed by atoms with Crippen molar-refractivity contribution in [2.75, 3.05) is 18.9 Å². The lowest BCUT2D eigenvalue weighted by Gasteiger charge is -2.09. The molecule has 4 rings (SSSR count). The number of fused-ring (bicyclic) bond motifs is 1. The Morgan fingerprint density at radius 1 is 1.06 bits per heavy atom. The van der Waals surface area contributed by atoms with Gasteiger partial charge in [-0.25, -0.2) is 19.3 Å². The number of rotatable bonds is 8. The molecule has 0 aliphatic rings. The second kappa shape index (κ2) is 9.22. The molecule has 0 unspecified atom stereocenters. The third-order valence-electron chi connectivity index (χ3n) is 5.16. The van der Waals surface area contributed by atoms with Gasteiger partial charge in [-0.2, -0.15) is 0 Å². The minimum atomic E-state index is -0.275. The topological polar surface area (TPSA) is 67.1 Å². The van der Waals surface area contributed by atoms with E-state index in [0.29, 0.717) is 11.9 Å². The Morgan fingerprint density at radius 3 is 2.61 bits per heavy atom. The molecule has 160 valence electrons. The highest BCUT2D eigenvalue weighted by Crippen LogP contribution is 2.32. The molecule has 3 aromatic heterocycles. The maximum absolute atomic E-state index is 13.5. The lowest BCUT2D eigenvalue weighted by molar-refractivity contribution is 0.537. The van der Waals surface area contributed by atoms with Crippen molar-refractivity contribution in [3.05, 3.63) is 66.2 Å². The van der Waals surface area contributed by atoms with E-state index in [1.807, 2.05) is 16.7 Å². The van der Waals surface area contributed by atoms with Gasteiger partial charge in [0.05, 0.1) is 17.1 Å². The van der Waals surface area contributed by atoms with E-state index < -0.39 is 0 Å². The molecule has 0 aliphatic heterocycles. The van der Waals surface area contributed by atoms with Crippen LogP contribution in [-0.4, -0.2) is 32.9 Å². The van der Waals surface area contributed by atoms with Gasteiger partial charge in [-0.05, 0) is 66.9 Å². The largest absolute Gasteiger partial charge is 0.357 e. The normalized spacial score (nSPS) is 11.4. The Labute approximate surface area is 181 Å². The predicted octanol–water partition coefficient (Wildman–Crippen LogP) is 4.77. The van der Waals surface area contributed by atoms with Crippen molar-refractivity contribution >= 4 is 11.6 Å². The number of anilines is 1. The van der Waals surface area contributed by atoms with E-state index in [-0.39, 0.29) is 5.82 Å². The molecule has 0 fully saturated rings. The van der Waals surface area contributed by atoms with Crippen LogP contribution in [0.5, 0.6) is 0 Å². The number of nitrogens with zero attached hydrogens (tertiary/aromatic N) is 4. The van der Waals surface area contributed by atoms with Crippen molar-refractivity contribution in [1.29, 1.82) is 0 Å². The van der Waals surface area contributed by atoms with Crippen LogP contribution in [0, 0.1) is 11.7 Å². The first kappa shape index (κ1) is 20.9. The summed E-state index contributed by atoms with van der Waals surface area (Å²) in [6.45, 7) is 6.22. The zero-order valence-corrected chi connectivity index (χ0v) is 18.1. The van der Waals surface area contributed by atoms with Crippen LogP contribution >= 0.6 is 0 Å². The second-order valence-electron chi connectivity index (χ2n) is 7.95. The number of hydrogen-bond acceptors (Lipinski definition) is 5. The SMILES string of the molecule is CNc1nccc(-c2c(-c3ccc(F)cc3)nc3cc(CNCCC(C)C)ccn23)n1. The van der Waals surface area contributed by atoms with Crippen LogP contribution in [0.15, 0.2) is 54.9 Å². The summed E-state index contributed by atoms with van der Waals surface area (Å²) in [4.78, 5) is 13.7. The van der Waals surface area contributed by atoms with Crippen LogP contribution in [0.25, 0.3) is 28.3 Å². The quantitative estimate of drug-likeness (QED) is 0.403. The molecule has 0 saturated carbocycles. The van der Waals surface area contributed by atoms with E-state index in [4.69, 9.17) is 4.98 Å². The maximum atomic E-state index is 13.5. The van der Waals surface area contributed by atoms with Crippen LogP contribution in [-0.2, 0) is 6.54 Å². The molecular weight excluding hydrogens is 391 g/mol. The van der Waals surface area contributed by atoms with Crippen LogP contribution in [0.4, 0.5) is 10.3 Å². The molecule has 0 amide bonds. The molecule has 7 heteroatoms.